The Morgan fingerprint density at radius 2 is 1.51 bits per heavy atom. The number of aliphatic hydroxyl groups excluding tert-OH is 1. The number of hydrogen-bond acceptors (Lipinski definition) is 9. The van der Waals surface area contributed by atoms with E-state index in [2.05, 4.69) is 16.0 Å². The molecular weight excluding hydrogens is 682 g/mol. The topological polar surface area (TPSA) is 195 Å². The molecule has 53 heavy (non-hydrogen) atoms. The van der Waals surface area contributed by atoms with Gasteiger partial charge in [-0.1, -0.05) is 73.9 Å². The molecular formula is C39H63N5O9. The van der Waals surface area contributed by atoms with Crippen LogP contribution in [-0.2, 0) is 39.9 Å². The minimum atomic E-state index is -1.50. The maximum absolute atomic E-state index is 14.5. The van der Waals surface area contributed by atoms with Crippen LogP contribution >= 0.6 is 0 Å². The molecule has 0 aromatic heterocycles. The number of rotatable bonds is 10. The zero-order valence-corrected chi connectivity index (χ0v) is 33.1. The number of nitrogens with one attached hydrogen (secondary N) is 3. The number of phenols is 1. The smallest absolute Gasteiger partial charge is 0.329 e. The highest BCUT2D eigenvalue weighted by Gasteiger charge is 2.41. The maximum Gasteiger partial charge on any atom is 0.329 e. The Morgan fingerprint density at radius 1 is 0.906 bits per heavy atom. The standard InChI is InChI=1S/C39H63N5O9/c1-11-25(8)35-38(51)43(10)31(19-27-12-14-29(46)15-13-27)37(50)42-34(24(6)7)39(52)53-26(9)18-32(47)41-30(17-23(4)5)36(49)40-28(16-22(2)3)20-33(48)44(35)21-45/h12-15,21-26,28,30-31,33-35,46,48H,11,16-20H2,1-10H3,(H,40,49)(H,41,47)(H,42,50)/t25?,26?,28?,30-,31?,33-,34-,35?/m0/s1. The zero-order chi connectivity index (χ0) is 40.2. The van der Waals surface area contributed by atoms with E-state index < -0.39 is 84.0 Å². The van der Waals surface area contributed by atoms with Gasteiger partial charge in [0.1, 0.15) is 42.2 Å². The number of ether oxygens (including phenoxy) is 1. The van der Waals surface area contributed by atoms with Gasteiger partial charge in [-0.2, -0.15) is 0 Å². The maximum atomic E-state index is 14.5. The van der Waals surface area contributed by atoms with Gasteiger partial charge >= 0.3 is 5.97 Å². The number of amides is 5. The number of benzene rings is 1. The zero-order valence-electron chi connectivity index (χ0n) is 33.1. The summed E-state index contributed by atoms with van der Waals surface area (Å²) in [7, 11) is 1.43. The van der Waals surface area contributed by atoms with Crippen LogP contribution in [0.15, 0.2) is 24.3 Å². The van der Waals surface area contributed by atoms with Crippen molar-refractivity contribution in [3.63, 3.8) is 0 Å². The van der Waals surface area contributed by atoms with E-state index in [1.54, 1.807) is 39.8 Å². The van der Waals surface area contributed by atoms with Crippen LogP contribution < -0.4 is 16.0 Å². The van der Waals surface area contributed by atoms with Gasteiger partial charge in [0.25, 0.3) is 0 Å². The van der Waals surface area contributed by atoms with Crippen molar-refractivity contribution in [1.29, 1.82) is 0 Å². The molecule has 1 aliphatic heterocycles. The van der Waals surface area contributed by atoms with Crippen LogP contribution in [0.1, 0.15) is 100.0 Å². The molecule has 1 aromatic rings. The third-order valence-electron chi connectivity index (χ3n) is 9.67. The number of carbonyl (C=O) groups excluding carboxylic acids is 6. The molecule has 5 N–H and O–H groups in total. The van der Waals surface area contributed by atoms with E-state index in [-0.39, 0.29) is 36.8 Å². The van der Waals surface area contributed by atoms with Crippen molar-refractivity contribution in [3.8, 4) is 5.75 Å². The summed E-state index contributed by atoms with van der Waals surface area (Å²) in [6, 6.07) is 1.02. The molecule has 0 saturated carbocycles. The van der Waals surface area contributed by atoms with Crippen molar-refractivity contribution in [2.75, 3.05) is 7.05 Å². The van der Waals surface area contributed by atoms with Crippen molar-refractivity contribution in [1.82, 2.24) is 25.8 Å². The first-order valence-electron chi connectivity index (χ1n) is 18.8. The van der Waals surface area contributed by atoms with Crippen LogP contribution in [0, 0.1) is 23.7 Å². The molecule has 5 unspecified atom stereocenters. The molecule has 0 bridgehead atoms. The van der Waals surface area contributed by atoms with E-state index in [0.29, 0.717) is 31.2 Å². The van der Waals surface area contributed by atoms with Gasteiger partial charge in [-0.05, 0) is 61.1 Å². The largest absolute Gasteiger partial charge is 0.508 e. The summed E-state index contributed by atoms with van der Waals surface area (Å²) >= 11 is 0. The quantitative estimate of drug-likeness (QED) is 0.177. The number of phenolic OH excluding ortho intramolecular Hbond substituents is 1. The monoisotopic (exact) mass is 745 g/mol. The van der Waals surface area contributed by atoms with E-state index >= 15 is 0 Å². The van der Waals surface area contributed by atoms with Crippen molar-refractivity contribution in [2.45, 2.75) is 143 Å². The highest BCUT2D eigenvalue weighted by Crippen LogP contribution is 2.24. The SMILES string of the molecule is CCC(C)C1C(=O)N(C)C(Cc2ccc(O)cc2)C(=O)N[C@@H](C(C)C)C(=O)OC(C)CC(=O)N[C@@H](CC(C)C)C(=O)NC(CC(C)C)C[C@H](O)N1C=O. The summed E-state index contributed by atoms with van der Waals surface area (Å²) in [6.45, 7) is 16.3. The van der Waals surface area contributed by atoms with Gasteiger partial charge < -0.3 is 40.7 Å². The number of aromatic hydroxyl groups is 1. The Kier molecular flexibility index (Phi) is 17.7. The van der Waals surface area contributed by atoms with Crippen molar-refractivity contribution in [2.24, 2.45) is 23.7 Å². The van der Waals surface area contributed by atoms with E-state index in [9.17, 15) is 39.0 Å². The highest BCUT2D eigenvalue weighted by atomic mass is 16.5. The fourth-order valence-electron chi connectivity index (χ4n) is 6.57. The molecule has 0 spiro atoms. The number of esters is 1. The Morgan fingerprint density at radius 3 is 2.04 bits per heavy atom. The Labute approximate surface area is 314 Å². The summed E-state index contributed by atoms with van der Waals surface area (Å²) in [6.07, 6.45) is -1.16. The second kappa shape index (κ2) is 20.9. The summed E-state index contributed by atoms with van der Waals surface area (Å²) in [5, 5.41) is 30.0. The van der Waals surface area contributed by atoms with Gasteiger partial charge in [-0.3, -0.25) is 24.0 Å². The van der Waals surface area contributed by atoms with Gasteiger partial charge in [0.05, 0.1) is 6.42 Å². The average Bonchev–Trinajstić information content (AvgIpc) is 3.06. The molecule has 14 nitrogen and oxygen atoms in total. The molecule has 1 fully saturated rings. The Hall–Kier alpha value is -4.20. The number of aliphatic hydroxyl groups is 1. The average molecular weight is 746 g/mol. The first kappa shape index (κ1) is 45.0. The third-order valence-corrected chi connectivity index (χ3v) is 9.67. The highest BCUT2D eigenvalue weighted by molar-refractivity contribution is 5.93. The lowest BCUT2D eigenvalue weighted by molar-refractivity contribution is -0.157. The van der Waals surface area contributed by atoms with E-state index in [1.165, 1.54) is 24.1 Å². The van der Waals surface area contributed by atoms with Gasteiger partial charge in [0, 0.05) is 25.9 Å². The number of hydrogen-bond donors (Lipinski definition) is 5. The molecule has 14 heteroatoms. The van der Waals surface area contributed by atoms with E-state index in [4.69, 9.17) is 4.74 Å². The Balaban J connectivity index is 2.72. The molecule has 0 radical (unpaired) electrons. The predicted molar refractivity (Wildman–Crippen MR) is 200 cm³/mol. The second-order valence-electron chi connectivity index (χ2n) is 15.7. The van der Waals surface area contributed by atoms with E-state index in [1.807, 2.05) is 34.6 Å². The number of nitrogens with zero attached hydrogens (tertiary/aromatic N) is 2. The molecule has 8 atom stereocenters. The van der Waals surface area contributed by atoms with Crippen LogP contribution in [0.4, 0.5) is 0 Å². The number of carbonyl (C=O) groups is 6. The summed E-state index contributed by atoms with van der Waals surface area (Å²) in [5.41, 5.74) is 0.607. The fourth-order valence-corrected chi connectivity index (χ4v) is 6.57. The van der Waals surface area contributed by atoms with Crippen LogP contribution in [0.2, 0.25) is 0 Å². The molecule has 1 heterocycles. The van der Waals surface area contributed by atoms with Gasteiger partial charge in [0.15, 0.2) is 0 Å². The van der Waals surface area contributed by atoms with Crippen molar-refractivity contribution >= 4 is 36.0 Å². The summed E-state index contributed by atoms with van der Waals surface area (Å²) < 4.78 is 5.65. The first-order valence-corrected chi connectivity index (χ1v) is 18.8. The predicted octanol–water partition coefficient (Wildman–Crippen LogP) is 2.88. The van der Waals surface area contributed by atoms with Crippen LogP contribution in [0.25, 0.3) is 0 Å². The van der Waals surface area contributed by atoms with Crippen LogP contribution in [-0.4, -0.2) is 106 Å². The van der Waals surface area contributed by atoms with Crippen LogP contribution in [0.5, 0.6) is 5.75 Å². The number of cyclic esters (lactones) is 1. The lowest BCUT2D eigenvalue weighted by Crippen LogP contribution is -2.60. The lowest BCUT2D eigenvalue weighted by Gasteiger charge is -2.40. The van der Waals surface area contributed by atoms with Gasteiger partial charge in [-0.25, -0.2) is 4.79 Å². The minimum absolute atomic E-state index is 0.0122. The van der Waals surface area contributed by atoms with Crippen LogP contribution in [0.3, 0.4) is 0 Å². The van der Waals surface area contributed by atoms with Gasteiger partial charge in [0.2, 0.25) is 30.0 Å². The summed E-state index contributed by atoms with van der Waals surface area (Å²) in [4.78, 5) is 84.3. The molecule has 2 rings (SSSR count). The minimum Gasteiger partial charge on any atom is -0.508 e. The third kappa shape index (κ3) is 13.6. The van der Waals surface area contributed by atoms with Crippen molar-refractivity contribution in [3.05, 3.63) is 29.8 Å². The van der Waals surface area contributed by atoms with E-state index in [0.717, 1.165) is 4.90 Å². The molecule has 0 aliphatic carbocycles. The molecule has 1 aromatic carbocycles. The summed E-state index contributed by atoms with van der Waals surface area (Å²) in [5.74, 6) is -3.83. The normalized spacial score (nSPS) is 26.9. The lowest BCUT2D eigenvalue weighted by atomic mass is 9.93. The molecule has 5 amide bonds. The van der Waals surface area contributed by atoms with Crippen molar-refractivity contribution < 1.29 is 43.7 Å². The fraction of sp³-hybridized carbons (Fsp3) is 0.692. The molecule has 1 saturated heterocycles. The van der Waals surface area contributed by atoms with Gasteiger partial charge in [-0.15, -0.1) is 0 Å². The second-order valence-corrected chi connectivity index (χ2v) is 15.7. The molecule has 298 valence electrons. The first-order chi connectivity index (χ1) is 24.8. The molecule has 1 aliphatic rings. The Bertz CT molecular complexity index is 1390. The number of likely N-dealkylation sites (N-methyl/N-ethyl adjacent to an activating group) is 1.